The maximum Gasteiger partial charge on any atom is 0.305 e. The topological polar surface area (TPSA) is 43.4 Å². The number of carbonyl (C=O) groups is 2. The zero-order valence-corrected chi connectivity index (χ0v) is 7.57. The smallest absolute Gasteiger partial charge is 0.305 e. The summed E-state index contributed by atoms with van der Waals surface area (Å²) in [5, 5.41) is 0. The molecule has 0 unspecified atom stereocenters. The molecule has 0 heterocycles. The number of thioether (sulfide) groups is 1. The van der Waals surface area contributed by atoms with E-state index in [-0.39, 0.29) is 18.2 Å². The van der Waals surface area contributed by atoms with E-state index in [1.165, 1.54) is 18.9 Å². The Bertz CT molecular complexity index is 145. The van der Waals surface area contributed by atoms with E-state index in [2.05, 4.69) is 4.74 Å². The molecule has 0 aromatic rings. The molecule has 0 atom stereocenters. The molecule has 64 valence electrons. The molecule has 0 rings (SSSR count). The van der Waals surface area contributed by atoms with Gasteiger partial charge in [0, 0.05) is 6.42 Å². The van der Waals surface area contributed by atoms with Crippen LogP contribution in [0.15, 0.2) is 0 Å². The van der Waals surface area contributed by atoms with Gasteiger partial charge in [-0.05, 0) is 6.26 Å². The third-order valence-electron chi connectivity index (χ3n) is 1.14. The van der Waals surface area contributed by atoms with E-state index in [4.69, 9.17) is 0 Å². The minimum absolute atomic E-state index is 0.0999. The first-order chi connectivity index (χ1) is 5.20. The molecular weight excluding hydrogens is 164 g/mol. The molecule has 0 amide bonds. The van der Waals surface area contributed by atoms with Gasteiger partial charge in [0.15, 0.2) is 0 Å². The fraction of sp³-hybridized carbons (Fsp3) is 0.714. The Labute approximate surface area is 70.5 Å². The Balaban J connectivity index is 3.38. The average molecular weight is 176 g/mol. The van der Waals surface area contributed by atoms with Crippen molar-refractivity contribution in [1.82, 2.24) is 0 Å². The van der Waals surface area contributed by atoms with Gasteiger partial charge in [0.2, 0.25) is 0 Å². The summed E-state index contributed by atoms with van der Waals surface area (Å²) in [5.74, 6) is 0.263. The normalized spacial score (nSPS) is 9.27. The summed E-state index contributed by atoms with van der Waals surface area (Å²) < 4.78 is 4.38. The maximum absolute atomic E-state index is 10.8. The van der Waals surface area contributed by atoms with Crippen molar-refractivity contribution in [2.24, 2.45) is 0 Å². The maximum atomic E-state index is 10.8. The van der Waals surface area contributed by atoms with Gasteiger partial charge in [0.25, 0.3) is 0 Å². The van der Waals surface area contributed by atoms with E-state index in [1.807, 2.05) is 6.26 Å². The monoisotopic (exact) mass is 176 g/mol. The van der Waals surface area contributed by atoms with E-state index < -0.39 is 0 Å². The van der Waals surface area contributed by atoms with Gasteiger partial charge in [-0.2, -0.15) is 11.8 Å². The molecule has 0 saturated heterocycles. The van der Waals surface area contributed by atoms with Gasteiger partial charge in [-0.1, -0.05) is 0 Å². The van der Waals surface area contributed by atoms with Gasteiger partial charge in [0.05, 0.1) is 19.3 Å². The van der Waals surface area contributed by atoms with Crippen molar-refractivity contribution in [3.8, 4) is 0 Å². The Morgan fingerprint density at radius 3 is 2.45 bits per heavy atom. The number of hydrogen-bond donors (Lipinski definition) is 0. The van der Waals surface area contributed by atoms with E-state index in [1.54, 1.807) is 0 Å². The van der Waals surface area contributed by atoms with Gasteiger partial charge in [-0.3, -0.25) is 9.59 Å². The number of carbonyl (C=O) groups excluding carboxylic acids is 2. The number of hydrogen-bond acceptors (Lipinski definition) is 4. The number of methoxy groups -OCH3 is 1. The lowest BCUT2D eigenvalue weighted by Gasteiger charge is -1.97. The fourth-order valence-corrected chi connectivity index (χ4v) is 1.04. The van der Waals surface area contributed by atoms with Gasteiger partial charge in [-0.25, -0.2) is 0 Å². The van der Waals surface area contributed by atoms with Crippen LogP contribution in [0.2, 0.25) is 0 Å². The SMILES string of the molecule is COC(=O)CCC(=O)CSC. The van der Waals surface area contributed by atoms with Crippen molar-refractivity contribution < 1.29 is 14.3 Å². The lowest BCUT2D eigenvalue weighted by molar-refractivity contribution is -0.141. The van der Waals surface area contributed by atoms with Crippen LogP contribution in [0, 0.1) is 0 Å². The number of ether oxygens (including phenoxy) is 1. The highest BCUT2D eigenvalue weighted by molar-refractivity contribution is 7.99. The van der Waals surface area contributed by atoms with E-state index >= 15 is 0 Å². The van der Waals surface area contributed by atoms with Crippen LogP contribution < -0.4 is 0 Å². The predicted octanol–water partition coefficient (Wildman–Crippen LogP) is 0.872. The third kappa shape index (κ3) is 5.91. The van der Waals surface area contributed by atoms with Crippen LogP contribution >= 0.6 is 11.8 Å². The van der Waals surface area contributed by atoms with Gasteiger partial charge in [-0.15, -0.1) is 0 Å². The van der Waals surface area contributed by atoms with Crippen LogP contribution in [0.5, 0.6) is 0 Å². The second kappa shape index (κ2) is 6.22. The van der Waals surface area contributed by atoms with Crippen molar-refractivity contribution >= 4 is 23.5 Å². The van der Waals surface area contributed by atoms with Crippen LogP contribution in [0.4, 0.5) is 0 Å². The van der Waals surface area contributed by atoms with E-state index in [0.29, 0.717) is 12.2 Å². The largest absolute Gasteiger partial charge is 0.469 e. The Kier molecular flexibility index (Phi) is 5.93. The van der Waals surface area contributed by atoms with Crippen molar-refractivity contribution in [3.63, 3.8) is 0 Å². The molecule has 4 heteroatoms. The lowest BCUT2D eigenvalue weighted by atomic mass is 10.2. The molecule has 0 bridgehead atoms. The first-order valence-corrected chi connectivity index (χ1v) is 4.67. The molecule has 0 aromatic carbocycles. The second-order valence-electron chi connectivity index (χ2n) is 2.05. The highest BCUT2D eigenvalue weighted by Gasteiger charge is 2.05. The van der Waals surface area contributed by atoms with Crippen molar-refractivity contribution in [2.75, 3.05) is 19.1 Å². The highest BCUT2D eigenvalue weighted by Crippen LogP contribution is 1.99. The Morgan fingerprint density at radius 1 is 1.36 bits per heavy atom. The minimum Gasteiger partial charge on any atom is -0.469 e. The summed E-state index contributed by atoms with van der Waals surface area (Å²) >= 11 is 1.47. The van der Waals surface area contributed by atoms with Crippen LogP contribution in [0.1, 0.15) is 12.8 Å². The van der Waals surface area contributed by atoms with Crippen LogP contribution in [0.25, 0.3) is 0 Å². The van der Waals surface area contributed by atoms with Gasteiger partial charge >= 0.3 is 5.97 Å². The van der Waals surface area contributed by atoms with Crippen molar-refractivity contribution in [1.29, 1.82) is 0 Å². The van der Waals surface area contributed by atoms with Gasteiger partial charge in [0.1, 0.15) is 5.78 Å². The summed E-state index contributed by atoms with van der Waals surface area (Å²) in [7, 11) is 1.32. The number of Topliss-reactive ketones (excluding diaryl/α,β-unsaturated/α-hetero) is 1. The first kappa shape index (κ1) is 10.5. The van der Waals surface area contributed by atoms with Gasteiger partial charge < -0.3 is 4.74 Å². The van der Waals surface area contributed by atoms with Crippen LogP contribution in [0.3, 0.4) is 0 Å². The number of ketones is 1. The standard InChI is InChI=1S/C7H12O3S/c1-10-7(9)4-3-6(8)5-11-2/h3-5H2,1-2H3. The summed E-state index contributed by atoms with van der Waals surface area (Å²) in [6.07, 6.45) is 2.36. The van der Waals surface area contributed by atoms with Crippen LogP contribution in [-0.4, -0.2) is 30.9 Å². The molecule has 11 heavy (non-hydrogen) atoms. The number of esters is 1. The molecule has 0 spiro atoms. The summed E-state index contributed by atoms with van der Waals surface area (Å²) in [6.45, 7) is 0. The molecular formula is C7H12O3S. The zero-order chi connectivity index (χ0) is 8.69. The molecule has 0 aromatic heterocycles. The Hall–Kier alpha value is -0.510. The fourth-order valence-electron chi connectivity index (χ4n) is 0.577. The third-order valence-corrected chi connectivity index (χ3v) is 1.75. The molecule has 0 aliphatic heterocycles. The summed E-state index contributed by atoms with van der Waals surface area (Å²) in [5.41, 5.74) is 0. The molecule has 0 saturated carbocycles. The minimum atomic E-state index is -0.320. The molecule has 3 nitrogen and oxygen atoms in total. The van der Waals surface area contributed by atoms with E-state index in [0.717, 1.165) is 0 Å². The Morgan fingerprint density at radius 2 is 2.00 bits per heavy atom. The second-order valence-corrected chi connectivity index (χ2v) is 2.91. The average Bonchev–Trinajstić information content (AvgIpc) is 2.01. The zero-order valence-electron chi connectivity index (χ0n) is 6.75. The van der Waals surface area contributed by atoms with Crippen molar-refractivity contribution in [3.05, 3.63) is 0 Å². The molecule has 0 N–H and O–H groups in total. The molecule has 0 aliphatic carbocycles. The predicted molar refractivity (Wildman–Crippen MR) is 44.6 cm³/mol. The molecule has 0 aliphatic rings. The summed E-state index contributed by atoms with van der Waals surface area (Å²) in [4.78, 5) is 21.4. The van der Waals surface area contributed by atoms with Crippen molar-refractivity contribution in [2.45, 2.75) is 12.8 Å². The highest BCUT2D eigenvalue weighted by atomic mass is 32.2. The molecule has 0 radical (unpaired) electrons. The quantitative estimate of drug-likeness (QED) is 0.583. The lowest BCUT2D eigenvalue weighted by Crippen LogP contribution is -2.06. The summed E-state index contributed by atoms with van der Waals surface area (Å²) in [6, 6.07) is 0. The van der Waals surface area contributed by atoms with Crippen LogP contribution in [-0.2, 0) is 14.3 Å². The number of rotatable bonds is 5. The molecule has 0 fully saturated rings. The first-order valence-electron chi connectivity index (χ1n) is 3.28. The van der Waals surface area contributed by atoms with E-state index in [9.17, 15) is 9.59 Å².